The van der Waals surface area contributed by atoms with Crippen LogP contribution in [0.2, 0.25) is 0 Å². The van der Waals surface area contributed by atoms with Crippen molar-refractivity contribution in [3.05, 3.63) is 129 Å². The normalized spacial score (nSPS) is 12.6. The molecule has 6 aromatic carbocycles. The maximum Gasteiger partial charge on any atom is 0.297 e. The van der Waals surface area contributed by atoms with Gasteiger partial charge in [-0.25, -0.2) is 4.98 Å². The van der Waals surface area contributed by atoms with E-state index in [2.05, 4.69) is 77.6 Å². The molecule has 9 rings (SSSR count). The summed E-state index contributed by atoms with van der Waals surface area (Å²) in [5.74, 6) is -4.33. The molecular formula is C61H62N18O23S8. The number of methoxy groups -OCH3 is 1. The summed E-state index contributed by atoms with van der Waals surface area (Å²) < 4.78 is 216. The average molecular weight is 1670 g/mol. The van der Waals surface area contributed by atoms with Crippen LogP contribution in [0.5, 0.6) is 17.4 Å². The number of benzene rings is 6. The van der Waals surface area contributed by atoms with Gasteiger partial charge >= 0.3 is 0 Å². The second-order valence-corrected chi connectivity index (χ2v) is 34.7. The monoisotopic (exact) mass is 1670 g/mol. The van der Waals surface area contributed by atoms with E-state index in [1.807, 2.05) is 0 Å². The highest BCUT2D eigenvalue weighted by Crippen LogP contribution is 2.46. The molecule has 110 heavy (non-hydrogen) atoms. The first kappa shape index (κ1) is 83.6. The van der Waals surface area contributed by atoms with Crippen LogP contribution < -0.4 is 25.0 Å². The number of hydrogen-bond acceptors (Lipinski definition) is 35. The Hall–Kier alpha value is -10.5. The van der Waals surface area contributed by atoms with Gasteiger partial charge in [0, 0.05) is 58.9 Å². The highest BCUT2D eigenvalue weighted by atomic mass is 32.2. The summed E-state index contributed by atoms with van der Waals surface area (Å²) >= 11 is 1.92. The molecule has 0 unspecified atom stereocenters. The van der Waals surface area contributed by atoms with E-state index in [4.69, 9.17) is 9.47 Å². The van der Waals surface area contributed by atoms with Crippen molar-refractivity contribution in [2.45, 2.75) is 59.6 Å². The lowest BCUT2D eigenvalue weighted by molar-refractivity contribution is -0.385. The van der Waals surface area contributed by atoms with Crippen LogP contribution in [-0.2, 0) is 60.7 Å². The number of rotatable bonds is 35. The summed E-state index contributed by atoms with van der Waals surface area (Å²) in [5.41, 5.74) is -0.249. The van der Waals surface area contributed by atoms with E-state index in [9.17, 15) is 98.3 Å². The molecule has 49 heteroatoms. The van der Waals surface area contributed by atoms with E-state index in [-0.39, 0.29) is 138 Å². The van der Waals surface area contributed by atoms with Gasteiger partial charge < -0.3 is 30.1 Å². The molecule has 0 aliphatic carbocycles. The number of nitro groups is 1. The average Bonchev–Trinajstić information content (AvgIpc) is 1.58. The Balaban J connectivity index is 1.23. The first-order valence-electron chi connectivity index (χ1n) is 31.3. The molecule has 0 spiro atoms. The minimum absolute atomic E-state index is 0.00159. The number of non-ortho nitro benzene ring substituents is 1. The number of hydrogen-bond donors (Lipinski definition) is 9. The van der Waals surface area contributed by atoms with Crippen molar-refractivity contribution in [2.75, 3.05) is 77.4 Å². The van der Waals surface area contributed by atoms with Crippen LogP contribution >= 0.6 is 23.5 Å². The lowest BCUT2D eigenvalue weighted by Crippen LogP contribution is -2.27. The van der Waals surface area contributed by atoms with Gasteiger partial charge in [0.2, 0.25) is 23.7 Å². The number of fused-ring (bicyclic) bond motifs is 3. The Labute approximate surface area is 634 Å². The predicted octanol–water partition coefficient (Wildman–Crippen LogP) is 12.5. The highest BCUT2D eigenvalue weighted by molar-refractivity contribution is 7.99. The number of nitriles is 1. The van der Waals surface area contributed by atoms with Crippen LogP contribution in [0.4, 0.5) is 80.4 Å². The Morgan fingerprint density at radius 2 is 1.15 bits per heavy atom. The van der Waals surface area contributed by atoms with Gasteiger partial charge in [0.15, 0.2) is 11.3 Å². The fourth-order valence-corrected chi connectivity index (χ4v) is 15.3. The molecule has 0 atom stereocenters. The molecule has 9 N–H and O–H groups in total. The molecule has 0 saturated carbocycles. The van der Waals surface area contributed by atoms with Gasteiger partial charge in [0.25, 0.3) is 66.4 Å². The summed E-state index contributed by atoms with van der Waals surface area (Å²) in [6.07, 6.45) is -0.583. The zero-order valence-corrected chi connectivity index (χ0v) is 64.1. The van der Waals surface area contributed by atoms with E-state index in [0.717, 1.165) is 47.8 Å². The highest BCUT2D eigenvalue weighted by Gasteiger charge is 2.26. The molecule has 582 valence electrons. The molecule has 0 saturated heterocycles. The van der Waals surface area contributed by atoms with Crippen LogP contribution in [0.25, 0.3) is 16.7 Å². The number of ether oxygens (including phenoxy) is 2. The van der Waals surface area contributed by atoms with E-state index < -0.39 is 128 Å². The first-order chi connectivity index (χ1) is 51.5. The van der Waals surface area contributed by atoms with Crippen molar-refractivity contribution in [2.24, 2.45) is 40.9 Å². The van der Waals surface area contributed by atoms with Gasteiger partial charge in [-0.05, 0) is 129 Å². The molecule has 0 amide bonds. The van der Waals surface area contributed by atoms with Gasteiger partial charge in [-0.15, -0.1) is 54.2 Å². The number of aromatic hydroxyl groups is 1. The molecule has 41 nitrogen and oxygen atoms in total. The number of azo groups is 4. The van der Waals surface area contributed by atoms with Crippen LogP contribution in [0.15, 0.2) is 158 Å². The van der Waals surface area contributed by atoms with Crippen LogP contribution in [0, 0.1) is 42.2 Å². The second kappa shape index (κ2) is 34.6. The molecule has 0 aliphatic heterocycles. The largest absolute Gasteiger partial charge is 0.497 e. The van der Waals surface area contributed by atoms with Crippen LogP contribution in [-0.4, -0.2) is 174 Å². The lowest BCUT2D eigenvalue weighted by atomic mass is 10.1. The van der Waals surface area contributed by atoms with E-state index in [0.29, 0.717) is 28.4 Å². The van der Waals surface area contributed by atoms with E-state index >= 15 is 0 Å². The number of anilines is 5. The number of nitrogens with one attached hydrogen (secondary N) is 2. The topological polar surface area (TPSA) is 614 Å². The van der Waals surface area contributed by atoms with Crippen molar-refractivity contribution < 1.29 is 97.3 Å². The lowest BCUT2D eigenvalue weighted by Gasteiger charge is -2.19. The third-order valence-corrected chi connectivity index (χ3v) is 22.3. The number of aromatic nitrogens is 5. The Kier molecular flexibility index (Phi) is 26.3. The number of aryl methyl sites for hydroxylation is 2. The SMILES string of the molecule is COc1ccc2c(c1)nc1c(C#N)c(C)c(N=Nc3cc(C)c(N=Nc4cc(Nc5nc(Nc6cccc(S(=O)(=O)O)c6)nc(N(C)CCS(=O)(=O)O)n5)c(N=Nc5cc(C)c(N=Nc6ccc([N+](=O)[O-])cc6S(=O)(=O)O)cc5SCCCS(=O)(=O)O)cc4SCCCS(=O)(=O)O)cc3OCCCS(=O)(=O)O)c(O)n12. The first-order valence-corrected chi connectivity index (χ1v) is 42.6. The standard InChI is InChI=1S/C61H62N18O23S8/c1-34-24-48(73-76-56-36(3)41(33-62)57-64-47-28-39(101-5)13-15-51(47)78(57)58(56)80)52(102-17-7-20-105(83,84)85)30-43(34)70-75-50-29-45(65-60-66-59(63-37-10-6-11-40(26-37)109(95,96)97)67-61(68-60)77(4)16-23-108(92,93)94)46(32-54(50)104-19-9-22-107(89,90)91)72-74-49-25-35(2)44(31-53(49)103-18-8-21-106(86,87)88)71-69-42-14-12-38(79(81)82)27-55(42)110(98,99)100/h6,10-15,24-32,80H,7-9,16-23H2,1-5H3,(H,83,84,85)(H,86,87,88)(H,89,90,91)(H,92,93,94)(H,95,96,97)(H,98,99,100)(H2,63,65,66,67,68). The van der Waals surface area contributed by atoms with Gasteiger partial charge in [-0.1, -0.05) is 6.07 Å². The molecule has 0 fully saturated rings. The van der Waals surface area contributed by atoms with Crippen LogP contribution in [0.1, 0.15) is 41.5 Å². The van der Waals surface area contributed by atoms with Gasteiger partial charge in [-0.3, -0.25) is 41.8 Å². The van der Waals surface area contributed by atoms with Crippen molar-refractivity contribution in [3.8, 4) is 23.4 Å². The van der Waals surface area contributed by atoms with Crippen molar-refractivity contribution >= 4 is 181 Å². The Morgan fingerprint density at radius 1 is 0.600 bits per heavy atom. The smallest absolute Gasteiger partial charge is 0.297 e. The summed E-state index contributed by atoms with van der Waals surface area (Å²) in [6, 6.07) is 22.3. The maximum absolute atomic E-state index is 12.4. The molecule has 0 bridgehead atoms. The fourth-order valence-electron chi connectivity index (χ4n) is 9.83. The number of thioether (sulfide) groups is 2. The summed E-state index contributed by atoms with van der Waals surface area (Å²) in [7, 11) is -25.2. The quantitative estimate of drug-likeness (QED) is 0.00445. The molecule has 0 aliphatic rings. The number of nitrogens with zero attached hydrogens (tertiary/aromatic N) is 16. The van der Waals surface area contributed by atoms with E-state index in [1.54, 1.807) is 25.1 Å². The number of imidazole rings is 1. The van der Waals surface area contributed by atoms with Crippen LogP contribution in [0.3, 0.4) is 0 Å². The van der Waals surface area contributed by atoms with Gasteiger partial charge in [-0.2, -0.15) is 80.9 Å². The Bertz CT molecular complexity index is 6030. The van der Waals surface area contributed by atoms with Crippen molar-refractivity contribution in [1.82, 2.24) is 24.3 Å². The summed E-state index contributed by atoms with van der Waals surface area (Å²) in [6.45, 7) is 3.76. The maximum atomic E-state index is 12.4. The Morgan fingerprint density at radius 3 is 1.75 bits per heavy atom. The number of nitro benzene ring substituents is 1. The molecule has 3 heterocycles. The number of pyridine rings is 1. The molecular weight excluding hydrogens is 1610 g/mol. The zero-order chi connectivity index (χ0) is 80.4. The van der Waals surface area contributed by atoms with Crippen molar-refractivity contribution in [1.29, 1.82) is 5.26 Å². The molecule has 3 aromatic heterocycles. The predicted molar refractivity (Wildman–Crippen MR) is 401 cm³/mol. The van der Waals surface area contributed by atoms with Gasteiger partial charge in [0.1, 0.15) is 50.8 Å². The minimum Gasteiger partial charge on any atom is -0.497 e. The molecule has 9 aromatic rings. The summed E-state index contributed by atoms with van der Waals surface area (Å²) in [4.78, 5) is 28.5. The minimum atomic E-state index is -5.14. The zero-order valence-electron chi connectivity index (χ0n) is 57.6. The molecule has 0 radical (unpaired) electrons. The van der Waals surface area contributed by atoms with Gasteiger partial charge in [0.05, 0.1) is 80.3 Å². The summed E-state index contributed by atoms with van der Waals surface area (Å²) in [5, 5.41) is 74.8. The van der Waals surface area contributed by atoms with E-state index in [1.165, 1.54) is 85.8 Å². The second-order valence-electron chi connectivity index (χ2n) is 23.4. The van der Waals surface area contributed by atoms with Crippen molar-refractivity contribution in [3.63, 3.8) is 0 Å². The third-order valence-electron chi connectivity index (χ3n) is 15.2. The third kappa shape index (κ3) is 22.8. The fraction of sp³-hybridized carbons (Fsp3) is 0.262.